The van der Waals surface area contributed by atoms with Gasteiger partial charge in [-0.05, 0) is 37.3 Å². The summed E-state index contributed by atoms with van der Waals surface area (Å²) in [4.78, 5) is 51.4. The van der Waals surface area contributed by atoms with Crippen LogP contribution in [0.25, 0.3) is 0 Å². The first kappa shape index (κ1) is 27.6. The van der Waals surface area contributed by atoms with Gasteiger partial charge in [0.2, 0.25) is 0 Å². The molecule has 2 aromatic rings. The summed E-state index contributed by atoms with van der Waals surface area (Å²) < 4.78 is 52.7. The van der Waals surface area contributed by atoms with E-state index in [0.29, 0.717) is 5.06 Å². The lowest BCUT2D eigenvalue weighted by molar-refractivity contribution is -0.385. The summed E-state index contributed by atoms with van der Waals surface area (Å²) in [6.45, 7) is 1.22. The molecule has 192 valence electrons. The Balaban J connectivity index is 2.27. The smallest absolute Gasteiger partial charge is 0.443 e. The Morgan fingerprint density at radius 1 is 1.08 bits per heavy atom. The number of nitrogens with zero attached hydrogens (tertiary/aromatic N) is 2. The summed E-state index contributed by atoms with van der Waals surface area (Å²) in [7, 11) is 0.985. The molecule has 0 spiro atoms. The van der Waals surface area contributed by atoms with Gasteiger partial charge in [0, 0.05) is 18.2 Å². The highest BCUT2D eigenvalue weighted by Crippen LogP contribution is 2.32. The lowest BCUT2D eigenvalue weighted by Crippen LogP contribution is -2.34. The molecule has 14 heteroatoms. The minimum atomic E-state index is -4.56. The van der Waals surface area contributed by atoms with Gasteiger partial charge in [0.25, 0.3) is 5.69 Å². The van der Waals surface area contributed by atoms with Crippen molar-refractivity contribution in [3.8, 4) is 11.5 Å². The second-order valence-electron chi connectivity index (χ2n) is 6.62. The number of hydrogen-bond acceptors (Lipinski definition) is 9. The van der Waals surface area contributed by atoms with E-state index in [4.69, 9.17) is 9.57 Å². The number of halogens is 3. The van der Waals surface area contributed by atoms with Crippen LogP contribution in [-0.4, -0.2) is 48.3 Å². The van der Waals surface area contributed by atoms with E-state index in [2.05, 4.69) is 9.47 Å². The van der Waals surface area contributed by atoms with Gasteiger partial charge in [-0.15, -0.1) is 5.06 Å². The number of alkyl halides is 3. The number of methoxy groups -OCH3 is 1. The fraction of sp³-hybridized carbons (Fsp3) is 0.227. The number of esters is 1. The number of amides is 1. The fourth-order valence-corrected chi connectivity index (χ4v) is 2.58. The summed E-state index contributed by atoms with van der Waals surface area (Å²) >= 11 is 0. The monoisotopic (exact) mass is 512 g/mol. The number of hydroxylamine groups is 2. The van der Waals surface area contributed by atoms with Crippen LogP contribution in [0.15, 0.2) is 54.6 Å². The summed E-state index contributed by atoms with van der Waals surface area (Å²) in [6.07, 6.45) is -3.62. The number of rotatable bonds is 8. The molecule has 0 heterocycles. The Morgan fingerprint density at radius 2 is 1.72 bits per heavy atom. The molecule has 0 saturated carbocycles. The van der Waals surface area contributed by atoms with Crippen molar-refractivity contribution in [1.82, 2.24) is 5.06 Å². The van der Waals surface area contributed by atoms with Gasteiger partial charge < -0.3 is 19.0 Å². The average Bonchev–Trinajstić information content (AvgIpc) is 2.82. The lowest BCUT2D eigenvalue weighted by atomic mass is 10.1. The second kappa shape index (κ2) is 12.2. The van der Waals surface area contributed by atoms with Crippen molar-refractivity contribution in [2.75, 3.05) is 20.3 Å². The molecule has 0 aromatic heterocycles. The van der Waals surface area contributed by atoms with Crippen molar-refractivity contribution >= 4 is 23.7 Å². The van der Waals surface area contributed by atoms with E-state index in [-0.39, 0.29) is 18.1 Å². The Hall–Kier alpha value is -4.62. The molecule has 0 atom stereocenters. The quantitative estimate of drug-likeness (QED) is 0.214. The fourth-order valence-electron chi connectivity index (χ4n) is 2.58. The first-order valence-corrected chi connectivity index (χ1v) is 10.0. The standard InChI is InChI=1S/C22H19F3N2O9/c1-3-34-19(28)5-4-12-26(21(30)33-2)36-20(29)17-13-16(10-11-18(17)27(31)32)35-15-8-6-14(7-9-15)22(23,24)25/h4-11,13H,3,12H2,1-2H3. The number of carbonyl (C=O) groups is 3. The third kappa shape index (κ3) is 7.72. The summed E-state index contributed by atoms with van der Waals surface area (Å²) in [5.74, 6) is -2.26. The van der Waals surface area contributed by atoms with Crippen LogP contribution in [0, 0.1) is 10.1 Å². The van der Waals surface area contributed by atoms with Crippen molar-refractivity contribution in [3.05, 3.63) is 75.9 Å². The van der Waals surface area contributed by atoms with Crippen molar-refractivity contribution in [2.45, 2.75) is 13.1 Å². The minimum absolute atomic E-state index is 0.0449. The topological polar surface area (TPSA) is 135 Å². The number of nitro benzene ring substituents is 1. The van der Waals surface area contributed by atoms with Crippen LogP contribution in [0.4, 0.5) is 23.7 Å². The number of benzene rings is 2. The van der Waals surface area contributed by atoms with Gasteiger partial charge in [-0.1, -0.05) is 6.08 Å². The molecule has 36 heavy (non-hydrogen) atoms. The Labute approximate surface area is 201 Å². The van der Waals surface area contributed by atoms with Gasteiger partial charge in [0.1, 0.15) is 17.1 Å². The highest BCUT2D eigenvalue weighted by atomic mass is 19.4. The molecule has 0 radical (unpaired) electrons. The van der Waals surface area contributed by atoms with E-state index in [1.54, 1.807) is 6.92 Å². The van der Waals surface area contributed by atoms with Gasteiger partial charge in [-0.25, -0.2) is 14.4 Å². The molecule has 2 aromatic carbocycles. The normalized spacial score (nSPS) is 11.0. The van der Waals surface area contributed by atoms with Crippen molar-refractivity contribution in [2.24, 2.45) is 0 Å². The molecule has 0 aliphatic carbocycles. The third-order valence-electron chi connectivity index (χ3n) is 4.19. The molecule has 0 saturated heterocycles. The molecule has 1 amide bonds. The van der Waals surface area contributed by atoms with Gasteiger partial charge in [0.05, 0.1) is 30.7 Å². The van der Waals surface area contributed by atoms with Gasteiger partial charge in [-0.2, -0.15) is 13.2 Å². The van der Waals surface area contributed by atoms with Crippen LogP contribution >= 0.6 is 0 Å². The maximum atomic E-state index is 12.7. The van der Waals surface area contributed by atoms with Crippen LogP contribution < -0.4 is 4.74 Å². The molecule has 2 rings (SSSR count). The minimum Gasteiger partial charge on any atom is -0.463 e. The van der Waals surface area contributed by atoms with Crippen LogP contribution in [-0.2, 0) is 25.3 Å². The van der Waals surface area contributed by atoms with E-state index in [1.165, 1.54) is 0 Å². The average molecular weight is 512 g/mol. The molecule has 0 unspecified atom stereocenters. The van der Waals surface area contributed by atoms with Gasteiger partial charge in [-0.3, -0.25) is 10.1 Å². The number of ether oxygens (including phenoxy) is 3. The van der Waals surface area contributed by atoms with Crippen molar-refractivity contribution < 1.29 is 51.5 Å². The highest BCUT2D eigenvalue weighted by molar-refractivity contribution is 5.95. The van der Waals surface area contributed by atoms with Crippen LogP contribution in [0.1, 0.15) is 22.8 Å². The lowest BCUT2D eigenvalue weighted by Gasteiger charge is -2.18. The second-order valence-corrected chi connectivity index (χ2v) is 6.62. The van der Waals surface area contributed by atoms with Gasteiger partial charge >= 0.3 is 24.2 Å². The molecule has 0 N–H and O–H groups in total. The SMILES string of the molecule is CCOC(=O)C=CCN(OC(=O)c1cc(Oc2ccc(C(F)(F)F)cc2)ccc1[N+](=O)[O-])C(=O)OC. The zero-order valence-corrected chi connectivity index (χ0v) is 18.8. The zero-order valence-electron chi connectivity index (χ0n) is 18.8. The van der Waals surface area contributed by atoms with Gasteiger partial charge in [0.15, 0.2) is 0 Å². The summed E-state index contributed by atoms with van der Waals surface area (Å²) in [5, 5.41) is 11.8. The molecular weight excluding hydrogens is 493 g/mol. The maximum absolute atomic E-state index is 12.7. The Morgan fingerprint density at radius 3 is 2.28 bits per heavy atom. The number of hydrogen-bond donors (Lipinski definition) is 0. The van der Waals surface area contributed by atoms with Crippen LogP contribution in [0.5, 0.6) is 11.5 Å². The van der Waals surface area contributed by atoms with Crippen LogP contribution in [0.2, 0.25) is 0 Å². The van der Waals surface area contributed by atoms with E-state index in [1.807, 2.05) is 0 Å². The molecule has 0 aliphatic rings. The predicted octanol–water partition coefficient (Wildman–Crippen LogP) is 4.67. The first-order valence-electron chi connectivity index (χ1n) is 10.0. The first-order chi connectivity index (χ1) is 17.0. The molecular formula is C22H19F3N2O9. The molecule has 0 bridgehead atoms. The largest absolute Gasteiger partial charge is 0.463 e. The Bertz CT molecular complexity index is 1150. The van der Waals surface area contributed by atoms with E-state index in [9.17, 15) is 37.7 Å². The van der Waals surface area contributed by atoms with E-state index in [0.717, 1.165) is 61.7 Å². The highest BCUT2D eigenvalue weighted by Gasteiger charge is 2.30. The molecule has 11 nitrogen and oxygen atoms in total. The van der Waals surface area contributed by atoms with Crippen LogP contribution in [0.3, 0.4) is 0 Å². The molecule has 0 aliphatic heterocycles. The summed E-state index contributed by atoms with van der Waals surface area (Å²) in [5.41, 5.74) is -2.25. The van der Waals surface area contributed by atoms with E-state index >= 15 is 0 Å². The Kier molecular flexibility index (Phi) is 9.35. The number of carbonyl (C=O) groups excluding carboxylic acids is 3. The van der Waals surface area contributed by atoms with E-state index < -0.39 is 52.5 Å². The predicted molar refractivity (Wildman–Crippen MR) is 115 cm³/mol. The maximum Gasteiger partial charge on any atom is 0.443 e. The molecule has 0 fully saturated rings. The third-order valence-corrected chi connectivity index (χ3v) is 4.19. The zero-order chi connectivity index (χ0) is 26.9. The van der Waals surface area contributed by atoms with Crippen molar-refractivity contribution in [3.63, 3.8) is 0 Å². The number of nitro groups is 1. The van der Waals surface area contributed by atoms with Crippen molar-refractivity contribution in [1.29, 1.82) is 0 Å². The summed E-state index contributed by atoms with van der Waals surface area (Å²) in [6, 6.07) is 6.55.